The topological polar surface area (TPSA) is 60.9 Å². The minimum Gasteiger partial charge on any atom is -0.393 e. The van der Waals surface area contributed by atoms with E-state index in [9.17, 15) is 14.7 Å². The van der Waals surface area contributed by atoms with Gasteiger partial charge in [-0.05, 0) is 59.7 Å². The fourth-order valence-electron chi connectivity index (χ4n) is 2.96. The first-order valence-electron chi connectivity index (χ1n) is 7.11. The Morgan fingerprint density at radius 3 is 2.33 bits per heavy atom. The number of rotatable bonds is 2. The van der Waals surface area contributed by atoms with Gasteiger partial charge in [0.1, 0.15) is 0 Å². The van der Waals surface area contributed by atoms with Gasteiger partial charge in [-0.2, -0.15) is 0 Å². The maximum Gasteiger partial charge on any atom is 0.251 e. The van der Waals surface area contributed by atoms with Gasteiger partial charge in [0.2, 0.25) is 5.91 Å². The van der Waals surface area contributed by atoms with Crippen molar-refractivity contribution in [1.29, 1.82) is 0 Å². The summed E-state index contributed by atoms with van der Waals surface area (Å²) >= 11 is 2.19. The summed E-state index contributed by atoms with van der Waals surface area (Å²) in [5.74, 6) is -0.282. The second-order valence-electron chi connectivity index (χ2n) is 5.53. The molecule has 1 atom stereocenters. The molecule has 5 nitrogen and oxygen atoms in total. The van der Waals surface area contributed by atoms with Crippen LogP contribution in [0.2, 0.25) is 0 Å². The zero-order chi connectivity index (χ0) is 15.0. The smallest absolute Gasteiger partial charge is 0.251 e. The molecule has 0 unspecified atom stereocenters. The Balaban J connectivity index is 1.77. The molecule has 1 aromatic rings. The molecule has 3 rings (SSSR count). The van der Waals surface area contributed by atoms with E-state index in [4.69, 9.17) is 0 Å². The lowest BCUT2D eigenvalue weighted by atomic mass is 10.1. The predicted molar refractivity (Wildman–Crippen MR) is 86.9 cm³/mol. The summed E-state index contributed by atoms with van der Waals surface area (Å²) in [6.45, 7) is 1.34. The predicted octanol–water partition coefficient (Wildman–Crippen LogP) is 1.38. The molecule has 2 aliphatic heterocycles. The van der Waals surface area contributed by atoms with Crippen LogP contribution < -0.4 is 4.90 Å². The molecule has 0 bridgehead atoms. The number of hydrogen-bond donors (Lipinski definition) is 1. The van der Waals surface area contributed by atoms with Crippen LogP contribution in [0.15, 0.2) is 24.3 Å². The molecular formula is C15H17IN2O3. The molecule has 2 fully saturated rings. The normalized spacial score (nSPS) is 24.9. The molecule has 21 heavy (non-hydrogen) atoms. The van der Waals surface area contributed by atoms with Crippen LogP contribution in [0.3, 0.4) is 0 Å². The zero-order valence-electron chi connectivity index (χ0n) is 11.5. The van der Waals surface area contributed by atoms with E-state index in [0.717, 1.165) is 3.57 Å². The Bertz CT molecular complexity index is 553. The van der Waals surface area contributed by atoms with Gasteiger partial charge in [-0.3, -0.25) is 14.5 Å². The molecule has 0 aliphatic carbocycles. The lowest BCUT2D eigenvalue weighted by Gasteiger charge is -2.32. The van der Waals surface area contributed by atoms with Gasteiger partial charge in [0.25, 0.3) is 5.91 Å². The Morgan fingerprint density at radius 2 is 1.71 bits per heavy atom. The number of anilines is 1. The zero-order valence-corrected chi connectivity index (χ0v) is 13.7. The van der Waals surface area contributed by atoms with Crippen molar-refractivity contribution < 1.29 is 14.7 Å². The molecule has 2 saturated heterocycles. The maximum atomic E-state index is 12.6. The lowest BCUT2D eigenvalue weighted by molar-refractivity contribution is -0.123. The van der Waals surface area contributed by atoms with E-state index in [0.29, 0.717) is 31.6 Å². The molecule has 112 valence electrons. The monoisotopic (exact) mass is 400 g/mol. The highest BCUT2D eigenvalue weighted by atomic mass is 127. The number of carbonyl (C=O) groups excluding carboxylic acids is 2. The van der Waals surface area contributed by atoms with Gasteiger partial charge >= 0.3 is 0 Å². The number of amides is 2. The van der Waals surface area contributed by atoms with Gasteiger partial charge in [0, 0.05) is 16.7 Å². The van der Waals surface area contributed by atoms with Crippen molar-refractivity contribution in [2.75, 3.05) is 18.0 Å². The average Bonchev–Trinajstić information content (AvgIpc) is 2.76. The molecule has 2 amide bonds. The van der Waals surface area contributed by atoms with Crippen molar-refractivity contribution in [3.05, 3.63) is 27.8 Å². The van der Waals surface area contributed by atoms with Gasteiger partial charge in [-0.15, -0.1) is 0 Å². The number of halogens is 1. The van der Waals surface area contributed by atoms with Gasteiger partial charge in [0.05, 0.1) is 24.3 Å². The Labute approximate surface area is 137 Å². The lowest BCUT2D eigenvalue weighted by Crippen LogP contribution is -2.46. The first-order chi connectivity index (χ1) is 10.1. The van der Waals surface area contributed by atoms with E-state index in [2.05, 4.69) is 22.6 Å². The summed E-state index contributed by atoms with van der Waals surface area (Å²) in [7, 11) is 0. The third-order valence-corrected chi connectivity index (χ3v) is 4.87. The fourth-order valence-corrected chi connectivity index (χ4v) is 3.32. The van der Waals surface area contributed by atoms with Crippen molar-refractivity contribution in [2.45, 2.75) is 31.4 Å². The molecule has 2 aliphatic rings. The summed E-state index contributed by atoms with van der Waals surface area (Å²) in [4.78, 5) is 28.1. The number of imide groups is 1. The number of carbonyl (C=O) groups is 2. The van der Waals surface area contributed by atoms with Crippen LogP contribution in [-0.4, -0.2) is 47.1 Å². The average molecular weight is 400 g/mol. The summed E-state index contributed by atoms with van der Waals surface area (Å²) in [6, 6.07) is 7.02. The summed E-state index contributed by atoms with van der Waals surface area (Å²) in [5.41, 5.74) is 0.643. The minimum atomic E-state index is -0.371. The first kappa shape index (κ1) is 14.9. The second kappa shape index (κ2) is 6.02. The number of nitrogens with zero attached hydrogens (tertiary/aromatic N) is 2. The Hall–Kier alpha value is -0.990. The van der Waals surface area contributed by atoms with Crippen LogP contribution in [0.25, 0.3) is 0 Å². The number of hydrogen-bond acceptors (Lipinski definition) is 4. The van der Waals surface area contributed by atoms with Crippen LogP contribution in [-0.2, 0) is 9.59 Å². The van der Waals surface area contributed by atoms with Crippen molar-refractivity contribution >= 4 is 40.1 Å². The van der Waals surface area contributed by atoms with Gasteiger partial charge in [0.15, 0.2) is 0 Å². The van der Waals surface area contributed by atoms with Gasteiger partial charge in [-0.25, -0.2) is 4.90 Å². The summed E-state index contributed by atoms with van der Waals surface area (Å²) in [5, 5.41) is 9.55. The van der Waals surface area contributed by atoms with E-state index < -0.39 is 0 Å². The Kier molecular flexibility index (Phi) is 4.28. The van der Waals surface area contributed by atoms with E-state index in [-0.39, 0.29) is 30.4 Å². The van der Waals surface area contributed by atoms with Crippen LogP contribution >= 0.6 is 22.6 Å². The SMILES string of the molecule is O=C1C[C@H](N2CCC(O)CC2)C(=O)N1c1ccc(I)cc1. The molecule has 6 heteroatoms. The van der Waals surface area contributed by atoms with Crippen LogP contribution in [0.5, 0.6) is 0 Å². The molecule has 0 saturated carbocycles. The highest BCUT2D eigenvalue weighted by molar-refractivity contribution is 14.1. The van der Waals surface area contributed by atoms with Crippen LogP contribution in [0.4, 0.5) is 5.69 Å². The Morgan fingerprint density at radius 1 is 1.10 bits per heavy atom. The summed E-state index contributed by atoms with van der Waals surface area (Å²) in [6.07, 6.45) is 1.30. The quantitative estimate of drug-likeness (QED) is 0.602. The number of likely N-dealkylation sites (tertiary alicyclic amines) is 1. The number of benzene rings is 1. The highest BCUT2D eigenvalue weighted by Gasteiger charge is 2.43. The summed E-state index contributed by atoms with van der Waals surface area (Å²) < 4.78 is 1.07. The minimum absolute atomic E-state index is 0.141. The molecular weight excluding hydrogens is 383 g/mol. The van der Waals surface area contributed by atoms with Crippen LogP contribution in [0.1, 0.15) is 19.3 Å². The van der Waals surface area contributed by atoms with Crippen molar-refractivity contribution in [1.82, 2.24) is 4.90 Å². The van der Waals surface area contributed by atoms with Gasteiger partial charge < -0.3 is 5.11 Å². The van der Waals surface area contributed by atoms with E-state index >= 15 is 0 Å². The molecule has 0 spiro atoms. The largest absolute Gasteiger partial charge is 0.393 e. The standard InChI is InChI=1S/C15H17IN2O3/c16-10-1-3-11(4-2-10)18-14(20)9-13(15(18)21)17-7-5-12(19)6-8-17/h1-4,12-13,19H,5-9H2/t13-/m0/s1. The third kappa shape index (κ3) is 2.97. The van der Waals surface area contributed by atoms with Crippen molar-refractivity contribution in [3.63, 3.8) is 0 Å². The second-order valence-corrected chi connectivity index (χ2v) is 6.78. The number of aliphatic hydroxyl groups excluding tert-OH is 1. The van der Waals surface area contributed by atoms with E-state index in [1.807, 2.05) is 17.0 Å². The molecule has 1 N–H and O–H groups in total. The van der Waals surface area contributed by atoms with E-state index in [1.165, 1.54) is 4.90 Å². The molecule has 1 aromatic carbocycles. The molecule has 0 aromatic heterocycles. The third-order valence-electron chi connectivity index (χ3n) is 4.15. The first-order valence-corrected chi connectivity index (χ1v) is 8.18. The van der Waals surface area contributed by atoms with Crippen molar-refractivity contribution in [3.8, 4) is 0 Å². The highest BCUT2D eigenvalue weighted by Crippen LogP contribution is 2.27. The van der Waals surface area contributed by atoms with E-state index in [1.54, 1.807) is 12.1 Å². The van der Waals surface area contributed by atoms with Crippen LogP contribution in [0, 0.1) is 3.57 Å². The number of aliphatic hydroxyl groups is 1. The van der Waals surface area contributed by atoms with Crippen molar-refractivity contribution in [2.24, 2.45) is 0 Å². The fraction of sp³-hybridized carbons (Fsp3) is 0.467. The number of piperidine rings is 1. The van der Waals surface area contributed by atoms with Gasteiger partial charge in [-0.1, -0.05) is 0 Å². The maximum absolute atomic E-state index is 12.6. The molecule has 2 heterocycles. The molecule has 0 radical (unpaired) electrons.